The molecule has 0 amide bonds. The number of hydrogen-bond donors (Lipinski definition) is 2. The van der Waals surface area contributed by atoms with Crippen molar-refractivity contribution in [2.45, 2.75) is 39.3 Å². The molecule has 1 aliphatic carbocycles. The lowest BCUT2D eigenvalue weighted by Crippen LogP contribution is -2.48. The molecular weight excluding hydrogens is 394 g/mol. The smallest absolute Gasteiger partial charge is 0.198 e. The van der Waals surface area contributed by atoms with E-state index in [4.69, 9.17) is 4.74 Å². The molecule has 2 heterocycles. The van der Waals surface area contributed by atoms with Crippen LogP contribution in [0, 0.1) is 0 Å². The summed E-state index contributed by atoms with van der Waals surface area (Å²) in [7, 11) is 0. The second-order valence-electron chi connectivity index (χ2n) is 8.51. The maximum absolute atomic E-state index is 12.7. The first-order valence-electron chi connectivity index (χ1n) is 11.0. The third-order valence-electron chi connectivity index (χ3n) is 5.90. The maximum atomic E-state index is 12.7. The number of carbonyl (C=O) groups excluding carboxylic acids is 1. The van der Waals surface area contributed by atoms with Crippen LogP contribution >= 0.6 is 0 Å². The number of aromatic nitrogens is 1. The van der Waals surface area contributed by atoms with Crippen LogP contribution in [0.1, 0.15) is 25.0 Å². The Bertz CT molecular complexity index is 940. The summed E-state index contributed by atoms with van der Waals surface area (Å²) >= 11 is 0. The van der Waals surface area contributed by atoms with Gasteiger partial charge in [-0.2, -0.15) is 0 Å². The molecule has 7 heteroatoms. The van der Waals surface area contributed by atoms with Crippen LogP contribution in [0.3, 0.4) is 0 Å². The summed E-state index contributed by atoms with van der Waals surface area (Å²) in [5.74, 6) is 0.885. The van der Waals surface area contributed by atoms with Gasteiger partial charge in [0.15, 0.2) is 17.5 Å². The third kappa shape index (κ3) is 4.56. The lowest BCUT2D eigenvalue weighted by molar-refractivity contribution is -0.121. The molecule has 2 aromatic rings. The molecule has 2 aliphatic rings. The van der Waals surface area contributed by atoms with Gasteiger partial charge in [0.2, 0.25) is 0 Å². The summed E-state index contributed by atoms with van der Waals surface area (Å²) in [5, 5.41) is 20.9. The topological polar surface area (TPSA) is 78.2 Å². The van der Waals surface area contributed by atoms with Crippen LogP contribution in [0.5, 0.6) is 17.5 Å². The molecular formula is C24H31N3O4. The van der Waals surface area contributed by atoms with Gasteiger partial charge >= 0.3 is 0 Å². The molecule has 0 spiro atoms. The molecule has 1 fully saturated rings. The lowest BCUT2D eigenvalue weighted by atomic mass is 10.0. The minimum absolute atomic E-state index is 0.0109. The van der Waals surface area contributed by atoms with Gasteiger partial charge in [0.1, 0.15) is 5.75 Å². The number of ketones is 1. The largest absolute Gasteiger partial charge is 0.494 e. The number of benzene rings is 1. The number of anilines is 1. The van der Waals surface area contributed by atoms with Crippen molar-refractivity contribution in [2.24, 2.45) is 0 Å². The Morgan fingerprint density at radius 2 is 1.58 bits per heavy atom. The van der Waals surface area contributed by atoms with Crippen molar-refractivity contribution in [1.29, 1.82) is 0 Å². The van der Waals surface area contributed by atoms with Gasteiger partial charge in [-0.15, -0.1) is 0 Å². The number of para-hydroxylation sites is 2. The summed E-state index contributed by atoms with van der Waals surface area (Å²) in [6.45, 7) is 7.49. The van der Waals surface area contributed by atoms with Gasteiger partial charge < -0.3 is 19.8 Å². The molecule has 0 atom stereocenters. The molecule has 0 unspecified atom stereocenters. The Morgan fingerprint density at radius 3 is 2.19 bits per heavy atom. The number of aromatic hydroxyl groups is 2. The van der Waals surface area contributed by atoms with Crippen molar-refractivity contribution < 1.29 is 19.7 Å². The molecule has 0 saturated carbocycles. The lowest BCUT2D eigenvalue weighted by Gasteiger charge is -2.36. The Kier molecular flexibility index (Phi) is 6.23. The van der Waals surface area contributed by atoms with E-state index in [1.54, 1.807) is 0 Å². The van der Waals surface area contributed by atoms with E-state index in [1.807, 2.05) is 44.2 Å². The van der Waals surface area contributed by atoms with E-state index in [0.717, 1.165) is 48.7 Å². The predicted octanol–water partition coefficient (Wildman–Crippen LogP) is 2.73. The number of ether oxygens (including phenoxy) is 1. The monoisotopic (exact) mass is 425 g/mol. The number of allylic oxidation sites excluding steroid dienone is 2. The fourth-order valence-corrected chi connectivity index (χ4v) is 4.37. The second-order valence-corrected chi connectivity index (χ2v) is 8.51. The van der Waals surface area contributed by atoms with Crippen molar-refractivity contribution in [3.05, 3.63) is 47.5 Å². The van der Waals surface area contributed by atoms with Crippen molar-refractivity contribution in [1.82, 2.24) is 9.47 Å². The molecule has 166 valence electrons. The average Bonchev–Trinajstić information content (AvgIpc) is 2.99. The molecule has 1 aliphatic heterocycles. The van der Waals surface area contributed by atoms with Gasteiger partial charge in [0.05, 0.1) is 24.9 Å². The van der Waals surface area contributed by atoms with Crippen LogP contribution in [-0.4, -0.2) is 64.3 Å². The zero-order valence-electron chi connectivity index (χ0n) is 18.3. The van der Waals surface area contributed by atoms with Gasteiger partial charge in [-0.05, 0) is 38.8 Å². The standard InChI is InChI=1S/C24H31N3O4/c1-17(2)31-22-10-6-5-9-21(22)26-13-11-25(12-14-26)15-18(28)16-27-23(29)19-7-3-4-8-20(19)24(27)30/h3-6,9-10,17,29-30H,7-8,11-16H2,1-2H3. The number of nitrogens with zero attached hydrogens (tertiary/aromatic N) is 3. The van der Waals surface area contributed by atoms with Gasteiger partial charge in [-0.25, -0.2) is 0 Å². The zero-order valence-corrected chi connectivity index (χ0v) is 18.3. The van der Waals surface area contributed by atoms with Crippen LogP contribution < -0.4 is 9.64 Å². The van der Waals surface area contributed by atoms with Crippen molar-refractivity contribution in [3.63, 3.8) is 0 Å². The Labute approximate surface area is 183 Å². The van der Waals surface area contributed by atoms with Crippen LogP contribution in [0.4, 0.5) is 5.69 Å². The number of piperazine rings is 1. The molecule has 31 heavy (non-hydrogen) atoms. The third-order valence-corrected chi connectivity index (χ3v) is 5.90. The first-order chi connectivity index (χ1) is 14.9. The molecule has 7 nitrogen and oxygen atoms in total. The van der Waals surface area contributed by atoms with E-state index < -0.39 is 0 Å². The first kappa shape index (κ1) is 21.3. The van der Waals surface area contributed by atoms with E-state index in [9.17, 15) is 15.0 Å². The predicted molar refractivity (Wildman–Crippen MR) is 120 cm³/mol. The molecule has 0 radical (unpaired) electrons. The summed E-state index contributed by atoms with van der Waals surface area (Å²) < 4.78 is 7.29. The highest BCUT2D eigenvalue weighted by Gasteiger charge is 2.25. The van der Waals surface area contributed by atoms with E-state index in [1.165, 1.54) is 4.57 Å². The van der Waals surface area contributed by atoms with E-state index in [2.05, 4.69) is 15.9 Å². The van der Waals surface area contributed by atoms with E-state index >= 15 is 0 Å². The minimum Gasteiger partial charge on any atom is -0.494 e. The van der Waals surface area contributed by atoms with E-state index in [0.29, 0.717) is 19.4 Å². The Balaban J connectivity index is 1.34. The molecule has 1 aromatic carbocycles. The summed E-state index contributed by atoms with van der Waals surface area (Å²) in [5.41, 5.74) is 2.54. The highest BCUT2D eigenvalue weighted by atomic mass is 16.5. The van der Waals surface area contributed by atoms with Crippen molar-refractivity contribution in [3.8, 4) is 17.5 Å². The summed E-state index contributed by atoms with van der Waals surface area (Å²) in [4.78, 5) is 17.1. The number of carbonyl (C=O) groups is 1. The highest BCUT2D eigenvalue weighted by Crippen LogP contribution is 2.36. The number of fused-ring (bicyclic) bond motifs is 1. The fourth-order valence-electron chi connectivity index (χ4n) is 4.37. The van der Waals surface area contributed by atoms with Crippen LogP contribution in [0.25, 0.3) is 0 Å². The highest BCUT2D eigenvalue weighted by molar-refractivity contribution is 5.81. The van der Waals surface area contributed by atoms with Crippen molar-refractivity contribution in [2.75, 3.05) is 37.6 Å². The van der Waals surface area contributed by atoms with E-state index in [-0.39, 0.29) is 30.2 Å². The fraction of sp³-hybridized carbons (Fsp3) is 0.458. The van der Waals surface area contributed by atoms with Gasteiger partial charge in [-0.3, -0.25) is 14.3 Å². The second kappa shape index (κ2) is 9.06. The van der Waals surface area contributed by atoms with Gasteiger partial charge in [0, 0.05) is 37.3 Å². The number of rotatable bonds is 7. The van der Waals surface area contributed by atoms with Crippen molar-refractivity contribution >= 4 is 11.5 Å². The molecule has 2 N–H and O–H groups in total. The summed E-state index contributed by atoms with van der Waals surface area (Å²) in [6.07, 6.45) is 5.22. The van der Waals surface area contributed by atoms with Gasteiger partial charge in [-0.1, -0.05) is 24.3 Å². The molecule has 1 saturated heterocycles. The van der Waals surface area contributed by atoms with Crippen LogP contribution in [-0.2, 0) is 24.2 Å². The number of Topliss-reactive ketones (excluding diaryl/α,β-unsaturated/α-hetero) is 1. The Morgan fingerprint density at radius 1 is 0.968 bits per heavy atom. The molecule has 4 rings (SSSR count). The SMILES string of the molecule is CC(C)Oc1ccccc1N1CCN(CC(=O)Cn2c(O)c3c(c2O)CC=CC3)CC1. The van der Waals surface area contributed by atoms with Gasteiger partial charge in [0.25, 0.3) is 0 Å². The van der Waals surface area contributed by atoms with Crippen LogP contribution in [0.15, 0.2) is 36.4 Å². The first-order valence-corrected chi connectivity index (χ1v) is 11.0. The minimum atomic E-state index is -0.0251. The average molecular weight is 426 g/mol. The number of hydrogen-bond acceptors (Lipinski definition) is 6. The normalized spacial score (nSPS) is 16.5. The Hall–Kier alpha value is -2.93. The molecule has 1 aromatic heterocycles. The maximum Gasteiger partial charge on any atom is 0.198 e. The quantitative estimate of drug-likeness (QED) is 0.665. The molecule has 0 bridgehead atoms. The zero-order chi connectivity index (χ0) is 22.0. The van der Waals surface area contributed by atoms with Crippen LogP contribution in [0.2, 0.25) is 0 Å². The summed E-state index contributed by atoms with van der Waals surface area (Å²) in [6, 6.07) is 8.07.